The fourth-order valence-corrected chi connectivity index (χ4v) is 0.914. The standard InChI is InChI=1S/C13H22O2/c1-5-11(3)7-8-12(4)9-10-15-13(14)6-2/h7-8H,5-6,9-10H2,1-4H3/b11-7+,12-8+. The van der Waals surface area contributed by atoms with Gasteiger partial charge in [-0.25, -0.2) is 0 Å². The van der Waals surface area contributed by atoms with Gasteiger partial charge in [0.25, 0.3) is 0 Å². The maximum atomic E-state index is 10.9. The Morgan fingerprint density at radius 1 is 1.07 bits per heavy atom. The van der Waals surface area contributed by atoms with Gasteiger partial charge < -0.3 is 4.74 Å². The van der Waals surface area contributed by atoms with Crippen molar-refractivity contribution >= 4 is 5.97 Å². The Morgan fingerprint density at radius 2 is 1.67 bits per heavy atom. The van der Waals surface area contributed by atoms with Crippen LogP contribution in [0.5, 0.6) is 0 Å². The fraction of sp³-hybridized carbons (Fsp3) is 0.615. The molecular weight excluding hydrogens is 188 g/mol. The van der Waals surface area contributed by atoms with Crippen molar-refractivity contribution in [2.45, 2.75) is 47.0 Å². The molecule has 0 N–H and O–H groups in total. The summed E-state index contributed by atoms with van der Waals surface area (Å²) in [5.74, 6) is -0.122. The van der Waals surface area contributed by atoms with Crippen molar-refractivity contribution in [2.75, 3.05) is 6.61 Å². The second-order valence-electron chi connectivity index (χ2n) is 3.70. The van der Waals surface area contributed by atoms with Crippen LogP contribution in [-0.4, -0.2) is 12.6 Å². The zero-order valence-corrected chi connectivity index (χ0v) is 10.3. The van der Waals surface area contributed by atoms with Crippen LogP contribution in [0.25, 0.3) is 0 Å². The summed E-state index contributed by atoms with van der Waals surface area (Å²) in [7, 11) is 0. The van der Waals surface area contributed by atoms with E-state index in [1.54, 1.807) is 6.92 Å². The van der Waals surface area contributed by atoms with Crippen LogP contribution in [-0.2, 0) is 9.53 Å². The third-order valence-corrected chi connectivity index (χ3v) is 2.26. The van der Waals surface area contributed by atoms with E-state index in [9.17, 15) is 4.79 Å². The Hall–Kier alpha value is -1.05. The molecule has 0 aromatic carbocycles. The molecule has 0 radical (unpaired) electrons. The van der Waals surface area contributed by atoms with Gasteiger partial charge >= 0.3 is 5.97 Å². The Labute approximate surface area is 93.0 Å². The zero-order valence-electron chi connectivity index (χ0n) is 10.3. The van der Waals surface area contributed by atoms with Gasteiger partial charge in [0.05, 0.1) is 6.61 Å². The summed E-state index contributed by atoms with van der Waals surface area (Å²) < 4.78 is 4.99. The molecule has 0 aromatic rings. The lowest BCUT2D eigenvalue weighted by atomic mass is 10.1. The van der Waals surface area contributed by atoms with Crippen LogP contribution in [0.3, 0.4) is 0 Å². The van der Waals surface area contributed by atoms with Gasteiger partial charge in [-0.15, -0.1) is 0 Å². The molecule has 0 saturated carbocycles. The van der Waals surface area contributed by atoms with Crippen molar-refractivity contribution in [3.05, 3.63) is 23.3 Å². The van der Waals surface area contributed by atoms with Crippen molar-refractivity contribution < 1.29 is 9.53 Å². The van der Waals surface area contributed by atoms with E-state index in [4.69, 9.17) is 4.74 Å². The van der Waals surface area contributed by atoms with Gasteiger partial charge in [0.2, 0.25) is 0 Å². The highest BCUT2D eigenvalue weighted by atomic mass is 16.5. The molecule has 0 aliphatic rings. The first-order valence-corrected chi connectivity index (χ1v) is 5.58. The lowest BCUT2D eigenvalue weighted by Gasteiger charge is -2.02. The molecule has 0 saturated heterocycles. The van der Waals surface area contributed by atoms with E-state index in [0.717, 1.165) is 12.8 Å². The van der Waals surface area contributed by atoms with Gasteiger partial charge in [-0.2, -0.15) is 0 Å². The first-order valence-electron chi connectivity index (χ1n) is 5.58. The molecule has 0 amide bonds. The van der Waals surface area contributed by atoms with E-state index < -0.39 is 0 Å². The Balaban J connectivity index is 3.83. The molecular formula is C13H22O2. The summed E-state index contributed by atoms with van der Waals surface area (Å²) in [6.45, 7) is 8.60. The van der Waals surface area contributed by atoms with E-state index in [0.29, 0.717) is 13.0 Å². The Bertz CT molecular complexity index is 249. The largest absolute Gasteiger partial charge is 0.465 e. The molecule has 0 rings (SSSR count). The first kappa shape index (κ1) is 13.9. The minimum absolute atomic E-state index is 0.122. The number of esters is 1. The molecule has 0 fully saturated rings. The lowest BCUT2D eigenvalue weighted by Crippen LogP contribution is -2.03. The topological polar surface area (TPSA) is 26.3 Å². The van der Waals surface area contributed by atoms with Crippen molar-refractivity contribution in [1.82, 2.24) is 0 Å². The molecule has 0 spiro atoms. The first-order chi connectivity index (χ1) is 7.10. The third kappa shape index (κ3) is 7.98. The summed E-state index contributed by atoms with van der Waals surface area (Å²) in [5.41, 5.74) is 2.60. The minimum atomic E-state index is -0.122. The van der Waals surface area contributed by atoms with E-state index >= 15 is 0 Å². The number of hydrogen-bond acceptors (Lipinski definition) is 2. The van der Waals surface area contributed by atoms with Crippen molar-refractivity contribution in [1.29, 1.82) is 0 Å². The van der Waals surface area contributed by atoms with Gasteiger partial charge in [0.1, 0.15) is 0 Å². The zero-order chi connectivity index (χ0) is 11.7. The Kier molecular flexibility index (Phi) is 7.69. The average Bonchev–Trinajstić information content (AvgIpc) is 2.25. The van der Waals surface area contributed by atoms with Crippen LogP contribution in [0, 0.1) is 0 Å². The van der Waals surface area contributed by atoms with Gasteiger partial charge in [-0.05, 0) is 20.3 Å². The molecule has 0 aromatic heterocycles. The quantitative estimate of drug-likeness (QED) is 0.494. The van der Waals surface area contributed by atoms with Gasteiger partial charge in [-0.1, -0.05) is 37.1 Å². The second kappa shape index (κ2) is 8.27. The number of rotatable bonds is 6. The van der Waals surface area contributed by atoms with Gasteiger partial charge in [0.15, 0.2) is 0 Å². The molecule has 0 atom stereocenters. The number of allylic oxidation sites excluding steroid dienone is 3. The van der Waals surface area contributed by atoms with Crippen LogP contribution >= 0.6 is 0 Å². The highest BCUT2D eigenvalue weighted by Crippen LogP contribution is 2.04. The molecule has 2 nitrogen and oxygen atoms in total. The van der Waals surface area contributed by atoms with Gasteiger partial charge in [0, 0.05) is 12.8 Å². The van der Waals surface area contributed by atoms with E-state index in [1.807, 2.05) is 0 Å². The molecule has 86 valence electrons. The Morgan fingerprint density at radius 3 is 2.20 bits per heavy atom. The second-order valence-corrected chi connectivity index (χ2v) is 3.70. The van der Waals surface area contributed by atoms with Crippen LogP contribution in [0.2, 0.25) is 0 Å². The third-order valence-electron chi connectivity index (χ3n) is 2.26. The average molecular weight is 210 g/mol. The molecule has 0 heterocycles. The number of carbonyl (C=O) groups excluding carboxylic acids is 1. The summed E-state index contributed by atoms with van der Waals surface area (Å²) >= 11 is 0. The summed E-state index contributed by atoms with van der Waals surface area (Å²) in [6, 6.07) is 0. The summed E-state index contributed by atoms with van der Waals surface area (Å²) in [5, 5.41) is 0. The molecule has 0 aliphatic carbocycles. The number of carbonyl (C=O) groups is 1. The highest BCUT2D eigenvalue weighted by Gasteiger charge is 1.97. The molecule has 0 bridgehead atoms. The summed E-state index contributed by atoms with van der Waals surface area (Å²) in [6.07, 6.45) is 6.57. The predicted octanol–water partition coefficient (Wildman–Crippen LogP) is 3.63. The lowest BCUT2D eigenvalue weighted by molar-refractivity contribution is -0.143. The van der Waals surface area contributed by atoms with Crippen molar-refractivity contribution in [3.8, 4) is 0 Å². The molecule has 2 heteroatoms. The predicted molar refractivity (Wildman–Crippen MR) is 63.7 cm³/mol. The maximum Gasteiger partial charge on any atom is 0.305 e. The van der Waals surface area contributed by atoms with Crippen LogP contribution < -0.4 is 0 Å². The van der Waals surface area contributed by atoms with E-state index in [2.05, 4.69) is 32.9 Å². The SMILES string of the molecule is CCC(=O)OCC/C(C)=C/C=C(\C)CC. The van der Waals surface area contributed by atoms with Crippen LogP contribution in [0.1, 0.15) is 47.0 Å². The van der Waals surface area contributed by atoms with E-state index in [-0.39, 0.29) is 5.97 Å². The molecule has 0 aliphatic heterocycles. The normalized spacial score (nSPS) is 12.8. The van der Waals surface area contributed by atoms with Crippen molar-refractivity contribution in [3.63, 3.8) is 0 Å². The monoisotopic (exact) mass is 210 g/mol. The fourth-order valence-electron chi connectivity index (χ4n) is 0.914. The van der Waals surface area contributed by atoms with Crippen LogP contribution in [0.4, 0.5) is 0 Å². The van der Waals surface area contributed by atoms with Crippen LogP contribution in [0.15, 0.2) is 23.3 Å². The number of hydrogen-bond donors (Lipinski definition) is 0. The summed E-state index contributed by atoms with van der Waals surface area (Å²) in [4.78, 5) is 10.9. The molecule has 15 heavy (non-hydrogen) atoms. The highest BCUT2D eigenvalue weighted by molar-refractivity contribution is 5.68. The minimum Gasteiger partial charge on any atom is -0.465 e. The van der Waals surface area contributed by atoms with Crippen molar-refractivity contribution in [2.24, 2.45) is 0 Å². The maximum absolute atomic E-state index is 10.9. The molecule has 0 unspecified atom stereocenters. The van der Waals surface area contributed by atoms with Gasteiger partial charge in [-0.3, -0.25) is 4.79 Å². The smallest absolute Gasteiger partial charge is 0.305 e. The number of ether oxygens (including phenoxy) is 1. The van der Waals surface area contributed by atoms with E-state index in [1.165, 1.54) is 11.1 Å².